The molecule has 1 amide bonds. The van der Waals surface area contributed by atoms with Crippen molar-refractivity contribution in [3.63, 3.8) is 0 Å². The molecule has 1 heterocycles. The average Bonchev–Trinajstić information content (AvgIpc) is 2.84. The summed E-state index contributed by atoms with van der Waals surface area (Å²) in [5, 5.41) is 2.60. The van der Waals surface area contributed by atoms with Crippen LogP contribution in [0.3, 0.4) is 0 Å². The summed E-state index contributed by atoms with van der Waals surface area (Å²) >= 11 is 0. The molecular formula is C23H34BNO6. The first-order valence-electron chi connectivity index (χ1n) is 10.5. The van der Waals surface area contributed by atoms with E-state index in [1.165, 1.54) is 0 Å². The van der Waals surface area contributed by atoms with Crippen molar-refractivity contribution < 1.29 is 28.4 Å². The summed E-state index contributed by atoms with van der Waals surface area (Å²) in [6, 6.07) is 8.44. The predicted octanol–water partition coefficient (Wildman–Crippen LogP) is 4.20. The summed E-state index contributed by atoms with van der Waals surface area (Å²) in [7, 11) is -0.535. The van der Waals surface area contributed by atoms with E-state index in [1.54, 1.807) is 32.8 Å². The molecule has 1 fully saturated rings. The van der Waals surface area contributed by atoms with E-state index in [0.29, 0.717) is 0 Å². The van der Waals surface area contributed by atoms with Crippen LogP contribution in [0.1, 0.15) is 60.5 Å². The lowest BCUT2D eigenvalue weighted by Crippen LogP contribution is -2.44. The van der Waals surface area contributed by atoms with E-state index in [2.05, 4.69) is 5.32 Å². The quantitative estimate of drug-likeness (QED) is 0.515. The first-order chi connectivity index (χ1) is 14.3. The van der Waals surface area contributed by atoms with Gasteiger partial charge in [-0.15, -0.1) is 0 Å². The molecule has 7 nitrogen and oxygen atoms in total. The Morgan fingerprint density at radius 2 is 1.68 bits per heavy atom. The second-order valence-electron chi connectivity index (χ2n) is 9.58. The topological polar surface area (TPSA) is 83.1 Å². The highest BCUT2D eigenvalue weighted by Gasteiger charge is 2.50. The molecule has 0 radical (unpaired) electrons. The molecule has 31 heavy (non-hydrogen) atoms. The first kappa shape index (κ1) is 24.9. The van der Waals surface area contributed by atoms with Crippen LogP contribution in [0.2, 0.25) is 0 Å². The fraction of sp³-hybridized carbons (Fsp3) is 0.565. The molecule has 170 valence electrons. The van der Waals surface area contributed by atoms with Gasteiger partial charge in [0.05, 0.1) is 11.2 Å². The van der Waals surface area contributed by atoms with Crippen molar-refractivity contribution in [2.45, 2.75) is 84.3 Å². The van der Waals surface area contributed by atoms with Crippen LogP contribution in [0.4, 0.5) is 4.79 Å². The molecule has 1 aliphatic rings. The van der Waals surface area contributed by atoms with Crippen molar-refractivity contribution >= 4 is 19.2 Å². The molecule has 8 heteroatoms. The lowest BCUT2D eigenvalue weighted by atomic mass is 9.89. The Hall–Kier alpha value is -2.32. The zero-order valence-corrected chi connectivity index (χ0v) is 19.6. The Labute approximate surface area is 185 Å². The zero-order chi connectivity index (χ0) is 23.3. The number of alkyl carbamates (subject to hydrolysis) is 1. The Bertz CT molecular complexity index is 769. The van der Waals surface area contributed by atoms with Crippen molar-refractivity contribution in [2.75, 3.05) is 0 Å². The number of esters is 1. The van der Waals surface area contributed by atoms with Gasteiger partial charge in [-0.1, -0.05) is 42.4 Å². The molecule has 1 N–H and O–H groups in total. The third kappa shape index (κ3) is 7.71. The minimum atomic E-state index is -0.905. The van der Waals surface area contributed by atoms with E-state index in [4.69, 9.17) is 18.8 Å². The van der Waals surface area contributed by atoms with Gasteiger partial charge in [-0.3, -0.25) is 0 Å². The molecule has 1 aromatic rings. The van der Waals surface area contributed by atoms with Crippen molar-refractivity contribution in [3.8, 4) is 0 Å². The van der Waals surface area contributed by atoms with Crippen molar-refractivity contribution in [1.29, 1.82) is 0 Å². The van der Waals surface area contributed by atoms with Crippen LogP contribution in [-0.4, -0.2) is 42.0 Å². The molecule has 0 saturated carbocycles. The summed E-state index contributed by atoms with van der Waals surface area (Å²) in [6.07, 6.45) is 1.27. The monoisotopic (exact) mass is 431 g/mol. The predicted molar refractivity (Wildman–Crippen MR) is 119 cm³/mol. The average molecular weight is 431 g/mol. The summed E-state index contributed by atoms with van der Waals surface area (Å²) in [5.74, 6) is 1.19. The summed E-state index contributed by atoms with van der Waals surface area (Å²) in [4.78, 5) is 24.9. The molecule has 1 aromatic carbocycles. The number of rotatable bonds is 7. The summed E-state index contributed by atoms with van der Waals surface area (Å²) in [5.41, 5.74) is -0.726. The lowest BCUT2D eigenvalue weighted by Gasteiger charge is -2.32. The highest BCUT2D eigenvalue weighted by Crippen LogP contribution is 2.36. The Balaban J connectivity index is 2.01. The van der Waals surface area contributed by atoms with Crippen LogP contribution < -0.4 is 5.32 Å². The number of benzene rings is 1. The standard InChI is InChI=1S/C23H34BNO6/c1-21(2,3)29-20(27)25-18(19(26)28-16-17-12-9-8-10-13-17)14-11-15-24-30-22(4,5)23(6,7)31-24/h8-13,15,18H,14,16H2,1-7H3,(H,25,27)/b15-11+/t18-/m0/s1. The Morgan fingerprint density at radius 1 is 1.10 bits per heavy atom. The van der Waals surface area contributed by atoms with Gasteiger partial charge in [0, 0.05) is 0 Å². The minimum absolute atomic E-state index is 0.118. The van der Waals surface area contributed by atoms with Crippen molar-refractivity contribution in [3.05, 3.63) is 47.9 Å². The number of carbonyl (C=O) groups excluding carboxylic acids is 2. The molecule has 0 aliphatic carbocycles. The summed E-state index contributed by atoms with van der Waals surface area (Å²) in [6.45, 7) is 13.3. The fourth-order valence-corrected chi connectivity index (χ4v) is 2.79. The number of carbonyl (C=O) groups is 2. The zero-order valence-electron chi connectivity index (χ0n) is 19.6. The van der Waals surface area contributed by atoms with Gasteiger partial charge < -0.3 is 24.1 Å². The lowest BCUT2D eigenvalue weighted by molar-refractivity contribution is -0.147. The van der Waals surface area contributed by atoms with Crippen LogP contribution in [-0.2, 0) is 30.2 Å². The number of hydrogen-bond donors (Lipinski definition) is 1. The first-order valence-corrected chi connectivity index (χ1v) is 10.5. The minimum Gasteiger partial charge on any atom is -0.459 e. The molecule has 1 aliphatic heterocycles. The highest BCUT2D eigenvalue weighted by molar-refractivity contribution is 6.51. The number of hydrogen-bond acceptors (Lipinski definition) is 6. The van der Waals surface area contributed by atoms with Gasteiger partial charge in [0.25, 0.3) is 0 Å². The van der Waals surface area contributed by atoms with Crippen LogP contribution in [0.15, 0.2) is 42.4 Å². The van der Waals surface area contributed by atoms with E-state index < -0.39 is 42.0 Å². The maximum Gasteiger partial charge on any atom is 0.486 e. The van der Waals surface area contributed by atoms with Gasteiger partial charge in [0.2, 0.25) is 0 Å². The second kappa shape index (κ2) is 9.87. The second-order valence-corrected chi connectivity index (χ2v) is 9.58. The van der Waals surface area contributed by atoms with Crippen LogP contribution >= 0.6 is 0 Å². The van der Waals surface area contributed by atoms with Gasteiger partial charge in [-0.05, 0) is 60.5 Å². The van der Waals surface area contributed by atoms with E-state index >= 15 is 0 Å². The van der Waals surface area contributed by atoms with Gasteiger partial charge in [0.15, 0.2) is 0 Å². The van der Waals surface area contributed by atoms with Gasteiger partial charge in [-0.2, -0.15) is 0 Å². The fourth-order valence-electron chi connectivity index (χ4n) is 2.79. The van der Waals surface area contributed by atoms with Crippen LogP contribution in [0, 0.1) is 0 Å². The largest absolute Gasteiger partial charge is 0.486 e. The van der Waals surface area contributed by atoms with Gasteiger partial charge in [-0.25, -0.2) is 9.59 Å². The Morgan fingerprint density at radius 3 is 2.23 bits per heavy atom. The molecular weight excluding hydrogens is 397 g/mol. The van der Waals surface area contributed by atoms with Crippen molar-refractivity contribution in [1.82, 2.24) is 5.32 Å². The van der Waals surface area contributed by atoms with Gasteiger partial charge >= 0.3 is 19.2 Å². The van der Waals surface area contributed by atoms with Crippen molar-refractivity contribution in [2.24, 2.45) is 0 Å². The van der Waals surface area contributed by atoms with Gasteiger partial charge in [0.1, 0.15) is 18.2 Å². The molecule has 2 rings (SSSR count). The SMILES string of the molecule is CC(C)(C)OC(=O)N[C@@H](C/C=C/B1OC(C)(C)C(C)(C)O1)C(=O)OCc1ccccc1. The molecule has 1 atom stereocenters. The number of nitrogens with one attached hydrogen (secondary N) is 1. The molecule has 0 aromatic heterocycles. The van der Waals surface area contributed by atoms with Crippen LogP contribution in [0.5, 0.6) is 0 Å². The maximum atomic E-state index is 12.7. The van der Waals surface area contributed by atoms with E-state index in [0.717, 1.165) is 5.56 Å². The highest BCUT2D eigenvalue weighted by atomic mass is 16.7. The maximum absolute atomic E-state index is 12.7. The number of amides is 1. The van der Waals surface area contributed by atoms with Crippen LogP contribution in [0.25, 0.3) is 0 Å². The third-order valence-electron chi connectivity index (χ3n) is 5.14. The van der Waals surface area contributed by atoms with E-state index in [9.17, 15) is 9.59 Å². The molecule has 1 saturated heterocycles. The summed E-state index contributed by atoms with van der Waals surface area (Å²) < 4.78 is 22.5. The molecule has 0 bridgehead atoms. The third-order valence-corrected chi connectivity index (χ3v) is 5.14. The van der Waals surface area contributed by atoms with E-state index in [1.807, 2.05) is 58.0 Å². The normalized spacial score (nSPS) is 18.6. The smallest absolute Gasteiger partial charge is 0.459 e. The Kier molecular flexibility index (Phi) is 7.95. The molecule has 0 spiro atoms. The van der Waals surface area contributed by atoms with E-state index in [-0.39, 0.29) is 13.0 Å². The molecule has 0 unspecified atom stereocenters. The number of ether oxygens (including phenoxy) is 2.